The van der Waals surface area contributed by atoms with Crippen LogP contribution in [0.4, 0.5) is 0 Å². The Morgan fingerprint density at radius 1 is 1.41 bits per heavy atom. The highest BCUT2D eigenvalue weighted by Crippen LogP contribution is 2.21. The molecular weight excluding hydrogens is 260 g/mol. The maximum atomic E-state index is 12.2. The molecule has 6 heteroatoms. The molecule has 0 aliphatic heterocycles. The molecule has 96 valence electrons. The summed E-state index contributed by atoms with van der Waals surface area (Å²) in [6.07, 6.45) is 1.39. The van der Waals surface area contributed by atoms with Crippen LogP contribution in [0.3, 0.4) is 0 Å². The zero-order valence-electron chi connectivity index (χ0n) is 10.4. The molecule has 0 aromatic carbocycles. The van der Waals surface area contributed by atoms with Crippen LogP contribution in [0.2, 0.25) is 5.15 Å². The zero-order valence-corrected chi connectivity index (χ0v) is 12.0. The van der Waals surface area contributed by atoms with Crippen LogP contribution in [-0.2, 0) is 10.0 Å². The van der Waals surface area contributed by atoms with Crippen LogP contribution in [0.25, 0.3) is 0 Å². The minimum Gasteiger partial charge on any atom is -0.244 e. The molecule has 0 saturated carbocycles. The third-order valence-electron chi connectivity index (χ3n) is 2.10. The summed E-state index contributed by atoms with van der Waals surface area (Å²) in [5.74, 6) is 0. The Morgan fingerprint density at radius 3 is 2.47 bits per heavy atom. The van der Waals surface area contributed by atoms with Crippen molar-refractivity contribution in [1.29, 1.82) is 0 Å². The molecular formula is C11H17ClN2O2S. The van der Waals surface area contributed by atoms with Crippen molar-refractivity contribution in [3.8, 4) is 0 Å². The SMILES string of the molecule is CN(CC(C)(C)C)S(=O)(=O)c1ccnc(Cl)c1. The summed E-state index contributed by atoms with van der Waals surface area (Å²) in [4.78, 5) is 3.94. The fourth-order valence-corrected chi connectivity index (χ4v) is 3.13. The molecule has 0 fully saturated rings. The lowest BCUT2D eigenvalue weighted by Gasteiger charge is -2.26. The molecule has 1 aromatic rings. The number of hydrogen-bond acceptors (Lipinski definition) is 3. The van der Waals surface area contributed by atoms with Gasteiger partial charge in [-0.3, -0.25) is 0 Å². The smallest absolute Gasteiger partial charge is 0.242 e. The first kappa shape index (κ1) is 14.4. The van der Waals surface area contributed by atoms with E-state index in [1.165, 1.54) is 22.6 Å². The summed E-state index contributed by atoms with van der Waals surface area (Å²) < 4.78 is 25.7. The van der Waals surface area contributed by atoms with E-state index in [0.717, 1.165) is 0 Å². The van der Waals surface area contributed by atoms with E-state index in [4.69, 9.17) is 11.6 Å². The van der Waals surface area contributed by atoms with Gasteiger partial charge in [0.15, 0.2) is 0 Å². The van der Waals surface area contributed by atoms with Gasteiger partial charge in [0.1, 0.15) is 5.15 Å². The van der Waals surface area contributed by atoms with Crippen molar-refractivity contribution in [2.45, 2.75) is 25.7 Å². The molecule has 4 nitrogen and oxygen atoms in total. The van der Waals surface area contributed by atoms with Crippen LogP contribution < -0.4 is 0 Å². The van der Waals surface area contributed by atoms with Gasteiger partial charge in [-0.15, -0.1) is 0 Å². The highest BCUT2D eigenvalue weighted by molar-refractivity contribution is 7.89. The van der Waals surface area contributed by atoms with Crippen LogP contribution >= 0.6 is 11.6 Å². The summed E-state index contributed by atoms with van der Waals surface area (Å²) in [6, 6.07) is 2.80. The topological polar surface area (TPSA) is 50.3 Å². The summed E-state index contributed by atoms with van der Waals surface area (Å²) in [7, 11) is -1.92. The molecule has 1 heterocycles. The van der Waals surface area contributed by atoms with Crippen molar-refractivity contribution in [2.75, 3.05) is 13.6 Å². The van der Waals surface area contributed by atoms with Crippen LogP contribution in [0.15, 0.2) is 23.2 Å². The van der Waals surface area contributed by atoms with Gasteiger partial charge < -0.3 is 0 Å². The van der Waals surface area contributed by atoms with Gasteiger partial charge in [-0.1, -0.05) is 32.4 Å². The number of pyridine rings is 1. The molecule has 0 spiro atoms. The van der Waals surface area contributed by atoms with Crippen molar-refractivity contribution in [2.24, 2.45) is 5.41 Å². The second-order valence-electron chi connectivity index (χ2n) is 5.14. The predicted molar refractivity (Wildman–Crippen MR) is 68.5 cm³/mol. The highest BCUT2D eigenvalue weighted by Gasteiger charge is 2.25. The second kappa shape index (κ2) is 4.92. The molecule has 0 aliphatic carbocycles. The summed E-state index contributed by atoms with van der Waals surface area (Å²) >= 11 is 5.69. The van der Waals surface area contributed by atoms with Crippen LogP contribution in [0, 0.1) is 5.41 Å². The molecule has 1 aromatic heterocycles. The van der Waals surface area contributed by atoms with Gasteiger partial charge in [-0.25, -0.2) is 17.7 Å². The highest BCUT2D eigenvalue weighted by atomic mass is 35.5. The summed E-state index contributed by atoms with van der Waals surface area (Å²) in [5, 5.41) is 0.176. The Labute approximate surface area is 108 Å². The molecule has 0 aliphatic rings. The first-order valence-corrected chi connectivity index (χ1v) is 7.03. The van der Waals surface area contributed by atoms with E-state index >= 15 is 0 Å². The molecule has 0 saturated heterocycles. The quantitative estimate of drug-likeness (QED) is 0.797. The Hall–Kier alpha value is -0.650. The average Bonchev–Trinajstić information content (AvgIpc) is 2.15. The maximum absolute atomic E-state index is 12.2. The van der Waals surface area contributed by atoms with E-state index in [9.17, 15) is 8.42 Å². The van der Waals surface area contributed by atoms with Crippen LogP contribution in [-0.4, -0.2) is 31.3 Å². The fraction of sp³-hybridized carbons (Fsp3) is 0.545. The van der Waals surface area contributed by atoms with E-state index in [1.54, 1.807) is 7.05 Å². The number of rotatable bonds is 3. The molecule has 0 N–H and O–H groups in total. The number of sulfonamides is 1. The molecule has 0 amide bonds. The molecule has 0 atom stereocenters. The lowest BCUT2D eigenvalue weighted by atomic mass is 9.97. The first-order valence-electron chi connectivity index (χ1n) is 5.21. The zero-order chi connectivity index (χ0) is 13.3. The Balaban J connectivity index is 3.04. The van der Waals surface area contributed by atoms with E-state index in [1.807, 2.05) is 20.8 Å². The fourth-order valence-electron chi connectivity index (χ4n) is 1.48. The first-order chi connectivity index (χ1) is 7.63. The van der Waals surface area contributed by atoms with Gasteiger partial charge in [0, 0.05) is 19.8 Å². The molecule has 17 heavy (non-hydrogen) atoms. The lowest BCUT2D eigenvalue weighted by molar-refractivity contribution is 0.311. The minimum absolute atomic E-state index is 0.0986. The minimum atomic E-state index is -3.49. The van der Waals surface area contributed by atoms with Gasteiger partial charge in [-0.2, -0.15) is 0 Å². The Bertz CT molecular complexity index is 494. The number of halogens is 1. The van der Waals surface area contributed by atoms with E-state index in [0.29, 0.717) is 6.54 Å². The van der Waals surface area contributed by atoms with Crippen LogP contribution in [0.5, 0.6) is 0 Å². The van der Waals surface area contributed by atoms with E-state index in [-0.39, 0.29) is 15.5 Å². The molecule has 0 bridgehead atoms. The predicted octanol–water partition coefficient (Wildman–Crippen LogP) is 2.40. The van der Waals surface area contributed by atoms with Gasteiger partial charge in [0.2, 0.25) is 10.0 Å². The Morgan fingerprint density at radius 2 is 2.00 bits per heavy atom. The number of nitrogens with zero attached hydrogens (tertiary/aromatic N) is 2. The summed E-state index contributed by atoms with van der Waals surface area (Å²) in [6.45, 7) is 6.39. The third-order valence-corrected chi connectivity index (χ3v) is 4.11. The Kier molecular flexibility index (Phi) is 4.17. The third kappa shape index (κ3) is 3.94. The van der Waals surface area contributed by atoms with Gasteiger partial charge in [-0.05, 0) is 17.5 Å². The number of hydrogen-bond donors (Lipinski definition) is 0. The molecule has 0 radical (unpaired) electrons. The summed E-state index contributed by atoms with van der Waals surface area (Å²) in [5.41, 5.74) is -0.0986. The average molecular weight is 277 g/mol. The maximum Gasteiger partial charge on any atom is 0.242 e. The van der Waals surface area contributed by atoms with Crippen molar-refractivity contribution in [1.82, 2.24) is 9.29 Å². The van der Waals surface area contributed by atoms with Gasteiger partial charge >= 0.3 is 0 Å². The van der Waals surface area contributed by atoms with Crippen molar-refractivity contribution in [3.05, 3.63) is 23.5 Å². The largest absolute Gasteiger partial charge is 0.244 e. The van der Waals surface area contributed by atoms with Gasteiger partial charge in [0.25, 0.3) is 0 Å². The van der Waals surface area contributed by atoms with E-state index in [2.05, 4.69) is 4.98 Å². The normalized spacial score (nSPS) is 13.1. The van der Waals surface area contributed by atoms with Crippen molar-refractivity contribution in [3.63, 3.8) is 0 Å². The second-order valence-corrected chi connectivity index (χ2v) is 7.57. The van der Waals surface area contributed by atoms with E-state index < -0.39 is 10.0 Å². The lowest BCUT2D eigenvalue weighted by Crippen LogP contribution is -2.34. The monoisotopic (exact) mass is 276 g/mol. The van der Waals surface area contributed by atoms with Gasteiger partial charge in [0.05, 0.1) is 4.90 Å². The van der Waals surface area contributed by atoms with Crippen molar-refractivity contribution < 1.29 is 8.42 Å². The standard InChI is InChI=1S/C11H17ClN2O2S/c1-11(2,3)8-14(4)17(15,16)9-5-6-13-10(12)7-9/h5-7H,8H2,1-4H3. The molecule has 1 rings (SSSR count). The number of aromatic nitrogens is 1. The van der Waals surface area contributed by atoms with Crippen molar-refractivity contribution >= 4 is 21.6 Å². The molecule has 0 unspecified atom stereocenters. The van der Waals surface area contributed by atoms with Crippen LogP contribution in [0.1, 0.15) is 20.8 Å².